The molecule has 4 heteroatoms. The fraction of sp³-hybridized carbons (Fsp3) is 0.667. The minimum atomic E-state index is 0.500. The number of rotatable bonds is 5. The van der Waals surface area contributed by atoms with E-state index in [4.69, 9.17) is 4.74 Å². The van der Waals surface area contributed by atoms with Crippen molar-refractivity contribution in [1.29, 1.82) is 0 Å². The van der Waals surface area contributed by atoms with E-state index in [9.17, 15) is 0 Å². The number of ether oxygens (including phenoxy) is 1. The number of aromatic nitrogens is 2. The topological polar surface area (TPSA) is 35.0 Å². The summed E-state index contributed by atoms with van der Waals surface area (Å²) in [7, 11) is 1.63. The maximum absolute atomic E-state index is 5.09. The van der Waals surface area contributed by atoms with Gasteiger partial charge in [-0.25, -0.2) is 9.97 Å². The Morgan fingerprint density at radius 3 is 2.88 bits per heavy atom. The summed E-state index contributed by atoms with van der Waals surface area (Å²) in [6.45, 7) is 2.31. The lowest BCUT2D eigenvalue weighted by atomic mass is 9.99. The number of nitrogens with zero attached hydrogens (tertiary/aromatic N) is 2. The fourth-order valence-electron chi connectivity index (χ4n) is 1.90. The van der Waals surface area contributed by atoms with Crippen molar-refractivity contribution in [3.8, 4) is 5.88 Å². The van der Waals surface area contributed by atoms with Gasteiger partial charge < -0.3 is 4.74 Å². The standard InChI is InChI=1S/C12H17BrN2O/c1-8(9-3-4-9)11(13)5-10-6-12(16-2)15-7-14-10/h6-9,11H,3-5H2,1-2H3. The normalized spacial score (nSPS) is 19.2. The lowest BCUT2D eigenvalue weighted by Gasteiger charge is -2.17. The summed E-state index contributed by atoms with van der Waals surface area (Å²) < 4.78 is 5.09. The van der Waals surface area contributed by atoms with E-state index in [1.54, 1.807) is 13.4 Å². The highest BCUT2D eigenvalue weighted by Gasteiger charge is 2.32. The lowest BCUT2D eigenvalue weighted by Crippen LogP contribution is -2.16. The predicted molar refractivity (Wildman–Crippen MR) is 66.9 cm³/mol. The van der Waals surface area contributed by atoms with E-state index in [1.807, 2.05) is 6.07 Å². The van der Waals surface area contributed by atoms with Crippen LogP contribution in [-0.2, 0) is 6.42 Å². The van der Waals surface area contributed by atoms with Crippen LogP contribution >= 0.6 is 15.9 Å². The number of alkyl halides is 1. The molecule has 1 aromatic heterocycles. The molecule has 2 unspecified atom stereocenters. The first-order chi connectivity index (χ1) is 7.70. The minimum absolute atomic E-state index is 0.500. The predicted octanol–water partition coefficient (Wildman–Crippen LogP) is 2.84. The Bertz CT molecular complexity index is 355. The van der Waals surface area contributed by atoms with Gasteiger partial charge in [0.05, 0.1) is 7.11 Å². The fourth-order valence-corrected chi connectivity index (χ4v) is 2.67. The van der Waals surface area contributed by atoms with Gasteiger partial charge in [-0.15, -0.1) is 0 Å². The van der Waals surface area contributed by atoms with Gasteiger partial charge in [0.1, 0.15) is 6.33 Å². The van der Waals surface area contributed by atoms with Gasteiger partial charge >= 0.3 is 0 Å². The molecule has 1 heterocycles. The summed E-state index contributed by atoms with van der Waals surface area (Å²) in [4.78, 5) is 8.78. The van der Waals surface area contributed by atoms with Crippen molar-refractivity contribution in [2.75, 3.05) is 7.11 Å². The molecule has 2 rings (SSSR count). The van der Waals surface area contributed by atoms with E-state index in [0.717, 1.165) is 24.0 Å². The third kappa shape index (κ3) is 2.94. The van der Waals surface area contributed by atoms with Crippen LogP contribution in [0.1, 0.15) is 25.5 Å². The van der Waals surface area contributed by atoms with Gasteiger partial charge in [0, 0.05) is 23.0 Å². The molecule has 0 aliphatic heterocycles. The smallest absolute Gasteiger partial charge is 0.216 e. The van der Waals surface area contributed by atoms with Crippen LogP contribution in [0.5, 0.6) is 5.88 Å². The second kappa shape index (κ2) is 5.13. The second-order valence-corrected chi connectivity index (χ2v) is 5.64. The van der Waals surface area contributed by atoms with Crippen molar-refractivity contribution >= 4 is 15.9 Å². The van der Waals surface area contributed by atoms with E-state index in [-0.39, 0.29) is 0 Å². The van der Waals surface area contributed by atoms with Gasteiger partial charge in [-0.3, -0.25) is 0 Å². The van der Waals surface area contributed by atoms with E-state index in [1.165, 1.54) is 12.8 Å². The Kier molecular flexibility index (Phi) is 3.79. The first-order valence-corrected chi connectivity index (χ1v) is 6.61. The van der Waals surface area contributed by atoms with Crippen molar-refractivity contribution in [3.63, 3.8) is 0 Å². The zero-order valence-corrected chi connectivity index (χ0v) is 11.3. The van der Waals surface area contributed by atoms with Crippen molar-refractivity contribution in [3.05, 3.63) is 18.1 Å². The maximum atomic E-state index is 5.09. The average molecular weight is 285 g/mol. The molecule has 1 saturated carbocycles. The average Bonchev–Trinajstić information content (AvgIpc) is 3.12. The van der Waals surface area contributed by atoms with E-state index < -0.39 is 0 Å². The van der Waals surface area contributed by atoms with Crippen LogP contribution in [0.2, 0.25) is 0 Å². The molecule has 1 fully saturated rings. The molecule has 1 aliphatic rings. The Morgan fingerprint density at radius 2 is 2.25 bits per heavy atom. The Labute approximate surface area is 105 Å². The highest BCUT2D eigenvalue weighted by atomic mass is 79.9. The van der Waals surface area contributed by atoms with Crippen LogP contribution in [0, 0.1) is 11.8 Å². The molecule has 0 N–H and O–H groups in total. The molecule has 2 atom stereocenters. The Morgan fingerprint density at radius 1 is 1.50 bits per heavy atom. The summed E-state index contributed by atoms with van der Waals surface area (Å²) in [5.74, 6) is 2.28. The largest absolute Gasteiger partial charge is 0.481 e. The van der Waals surface area contributed by atoms with Gasteiger partial charge in [0.15, 0.2) is 0 Å². The van der Waals surface area contributed by atoms with Gasteiger partial charge in [-0.05, 0) is 24.7 Å². The highest BCUT2D eigenvalue weighted by molar-refractivity contribution is 9.09. The summed E-state index contributed by atoms with van der Waals surface area (Å²) in [5, 5.41) is 0. The van der Waals surface area contributed by atoms with Gasteiger partial charge in [0.2, 0.25) is 5.88 Å². The zero-order chi connectivity index (χ0) is 11.5. The van der Waals surface area contributed by atoms with Gasteiger partial charge in [-0.2, -0.15) is 0 Å². The van der Waals surface area contributed by atoms with E-state index >= 15 is 0 Å². The molecule has 16 heavy (non-hydrogen) atoms. The van der Waals surface area contributed by atoms with Crippen LogP contribution < -0.4 is 4.74 Å². The van der Waals surface area contributed by atoms with Crippen molar-refractivity contribution in [1.82, 2.24) is 9.97 Å². The van der Waals surface area contributed by atoms with E-state index in [0.29, 0.717) is 10.7 Å². The molecule has 0 amide bonds. The van der Waals surface area contributed by atoms with Crippen LogP contribution in [0.3, 0.4) is 0 Å². The first-order valence-electron chi connectivity index (χ1n) is 5.69. The quantitative estimate of drug-likeness (QED) is 0.780. The Balaban J connectivity index is 1.96. The maximum Gasteiger partial charge on any atom is 0.216 e. The molecular weight excluding hydrogens is 268 g/mol. The molecule has 0 bridgehead atoms. The highest BCUT2D eigenvalue weighted by Crippen LogP contribution is 2.40. The number of hydrogen-bond donors (Lipinski definition) is 0. The summed E-state index contributed by atoms with van der Waals surface area (Å²) in [6, 6.07) is 1.91. The van der Waals surface area contributed by atoms with Crippen molar-refractivity contribution in [2.45, 2.75) is 31.0 Å². The molecule has 0 aromatic carbocycles. The van der Waals surface area contributed by atoms with Gasteiger partial charge in [-0.1, -0.05) is 22.9 Å². The third-order valence-corrected chi connectivity index (χ3v) is 4.41. The molecule has 0 saturated heterocycles. The van der Waals surface area contributed by atoms with Crippen LogP contribution in [0.4, 0.5) is 0 Å². The van der Waals surface area contributed by atoms with Crippen LogP contribution in [-0.4, -0.2) is 21.9 Å². The molecule has 0 spiro atoms. The first kappa shape index (κ1) is 11.8. The monoisotopic (exact) mass is 284 g/mol. The summed E-state index contributed by atoms with van der Waals surface area (Å²) in [6.07, 6.45) is 5.28. The molecular formula is C12H17BrN2O. The second-order valence-electron chi connectivity index (χ2n) is 4.47. The molecule has 1 aromatic rings. The van der Waals surface area contributed by atoms with Gasteiger partial charge in [0.25, 0.3) is 0 Å². The number of methoxy groups -OCH3 is 1. The summed E-state index contributed by atoms with van der Waals surface area (Å²) in [5.41, 5.74) is 1.04. The summed E-state index contributed by atoms with van der Waals surface area (Å²) >= 11 is 3.77. The minimum Gasteiger partial charge on any atom is -0.481 e. The molecule has 3 nitrogen and oxygen atoms in total. The molecule has 88 valence electrons. The van der Waals surface area contributed by atoms with Crippen LogP contribution in [0.15, 0.2) is 12.4 Å². The third-order valence-electron chi connectivity index (χ3n) is 3.25. The molecule has 1 aliphatic carbocycles. The number of halogens is 1. The van der Waals surface area contributed by atoms with Crippen molar-refractivity contribution in [2.24, 2.45) is 11.8 Å². The van der Waals surface area contributed by atoms with E-state index in [2.05, 4.69) is 32.8 Å². The van der Waals surface area contributed by atoms with Crippen molar-refractivity contribution < 1.29 is 4.74 Å². The molecule has 0 radical (unpaired) electrons. The lowest BCUT2D eigenvalue weighted by molar-refractivity contribution is 0.395. The van der Waals surface area contributed by atoms with Crippen LogP contribution in [0.25, 0.3) is 0 Å². The SMILES string of the molecule is COc1cc(CC(Br)C(C)C2CC2)ncn1. The number of hydrogen-bond acceptors (Lipinski definition) is 3. The Hall–Kier alpha value is -0.640. The zero-order valence-electron chi connectivity index (χ0n) is 9.69.